The summed E-state index contributed by atoms with van der Waals surface area (Å²) in [7, 11) is 0. The highest BCUT2D eigenvalue weighted by Crippen LogP contribution is 2.35. The van der Waals surface area contributed by atoms with Gasteiger partial charge in [-0.2, -0.15) is 0 Å². The smallest absolute Gasteiger partial charge is 0.0760 e. The third kappa shape index (κ3) is 2.43. The zero-order valence-corrected chi connectivity index (χ0v) is 14.3. The fraction of sp³-hybridized carbons (Fsp3) is 0.429. The molecule has 0 saturated heterocycles. The van der Waals surface area contributed by atoms with Crippen LogP contribution in [0.2, 0.25) is 0 Å². The second kappa shape index (κ2) is 6.23. The lowest BCUT2D eigenvalue weighted by atomic mass is 9.90. The minimum atomic E-state index is -0.440. The Labute approximate surface area is 143 Å². The number of aromatic nitrogens is 1. The Morgan fingerprint density at radius 1 is 1.08 bits per heavy atom. The molecule has 1 aliphatic carbocycles. The summed E-state index contributed by atoms with van der Waals surface area (Å²) in [4.78, 5) is 0. The van der Waals surface area contributed by atoms with Crippen molar-refractivity contribution in [1.82, 2.24) is 4.57 Å². The summed E-state index contributed by atoms with van der Waals surface area (Å²) < 4.78 is 2.34. The van der Waals surface area contributed by atoms with Crippen molar-refractivity contribution in [2.75, 3.05) is 0 Å². The van der Waals surface area contributed by atoms with E-state index >= 15 is 0 Å². The molecule has 1 aliphatic rings. The van der Waals surface area contributed by atoms with E-state index in [1.807, 2.05) is 0 Å². The van der Waals surface area contributed by atoms with E-state index in [4.69, 9.17) is 5.73 Å². The molecule has 1 heterocycles. The SMILES string of the molecule is CCn1c2ccccc2c2cc([C@@H](N)[C@@H](O)C3CCCC3)ccc21. The quantitative estimate of drug-likeness (QED) is 0.749. The predicted octanol–water partition coefficient (Wildman–Crippen LogP) is 4.37. The van der Waals surface area contributed by atoms with Crippen LogP contribution >= 0.6 is 0 Å². The van der Waals surface area contributed by atoms with E-state index in [0.717, 1.165) is 24.9 Å². The van der Waals surface area contributed by atoms with Gasteiger partial charge in [-0.05, 0) is 49.4 Å². The van der Waals surface area contributed by atoms with E-state index in [0.29, 0.717) is 5.92 Å². The normalized spacial score (nSPS) is 18.5. The number of aryl methyl sites for hydroxylation is 1. The number of aliphatic hydroxyl groups is 1. The highest BCUT2D eigenvalue weighted by atomic mass is 16.3. The predicted molar refractivity (Wildman–Crippen MR) is 100 cm³/mol. The van der Waals surface area contributed by atoms with Crippen molar-refractivity contribution in [3.63, 3.8) is 0 Å². The Morgan fingerprint density at radius 2 is 1.79 bits per heavy atom. The number of para-hydroxylation sites is 1. The fourth-order valence-corrected chi connectivity index (χ4v) is 4.41. The van der Waals surface area contributed by atoms with E-state index < -0.39 is 6.10 Å². The Balaban J connectivity index is 1.79. The molecule has 2 atom stereocenters. The zero-order chi connectivity index (χ0) is 16.7. The summed E-state index contributed by atoms with van der Waals surface area (Å²) in [6.07, 6.45) is 4.21. The van der Waals surface area contributed by atoms with Gasteiger partial charge < -0.3 is 15.4 Å². The van der Waals surface area contributed by atoms with E-state index in [-0.39, 0.29) is 6.04 Å². The molecule has 1 saturated carbocycles. The van der Waals surface area contributed by atoms with Crippen LogP contribution in [0.4, 0.5) is 0 Å². The fourth-order valence-electron chi connectivity index (χ4n) is 4.41. The molecule has 0 radical (unpaired) electrons. The average Bonchev–Trinajstić information content (AvgIpc) is 3.26. The maximum Gasteiger partial charge on any atom is 0.0760 e. The van der Waals surface area contributed by atoms with Gasteiger partial charge in [0.1, 0.15) is 0 Å². The molecule has 1 aromatic heterocycles. The Kier molecular flexibility index (Phi) is 4.07. The second-order valence-electron chi connectivity index (χ2n) is 7.10. The van der Waals surface area contributed by atoms with Gasteiger partial charge in [-0.15, -0.1) is 0 Å². The topological polar surface area (TPSA) is 51.2 Å². The van der Waals surface area contributed by atoms with Crippen LogP contribution < -0.4 is 5.73 Å². The molecule has 1 fully saturated rings. The van der Waals surface area contributed by atoms with Gasteiger partial charge in [0.15, 0.2) is 0 Å². The van der Waals surface area contributed by atoms with Crippen LogP contribution in [-0.4, -0.2) is 15.8 Å². The number of nitrogens with two attached hydrogens (primary N) is 1. The third-order valence-corrected chi connectivity index (χ3v) is 5.75. The van der Waals surface area contributed by atoms with Crippen molar-refractivity contribution in [2.45, 2.75) is 51.3 Å². The summed E-state index contributed by atoms with van der Waals surface area (Å²) in [5.74, 6) is 0.354. The van der Waals surface area contributed by atoms with Crippen molar-refractivity contribution in [1.29, 1.82) is 0 Å². The largest absolute Gasteiger partial charge is 0.391 e. The second-order valence-corrected chi connectivity index (χ2v) is 7.10. The summed E-state index contributed by atoms with van der Waals surface area (Å²) in [5.41, 5.74) is 9.98. The Morgan fingerprint density at radius 3 is 2.54 bits per heavy atom. The number of hydrogen-bond donors (Lipinski definition) is 2. The molecule has 3 aromatic rings. The lowest BCUT2D eigenvalue weighted by Crippen LogP contribution is -2.31. The van der Waals surface area contributed by atoms with Crippen molar-refractivity contribution in [2.24, 2.45) is 11.7 Å². The van der Waals surface area contributed by atoms with Crippen LogP contribution in [0.5, 0.6) is 0 Å². The number of fused-ring (bicyclic) bond motifs is 3. The Hall–Kier alpha value is -1.84. The molecule has 3 nitrogen and oxygen atoms in total. The molecule has 2 aromatic carbocycles. The summed E-state index contributed by atoms with van der Waals surface area (Å²) in [5, 5.41) is 13.2. The number of hydrogen-bond acceptors (Lipinski definition) is 2. The van der Waals surface area contributed by atoms with Gasteiger partial charge in [0.25, 0.3) is 0 Å². The third-order valence-electron chi connectivity index (χ3n) is 5.75. The van der Waals surface area contributed by atoms with Gasteiger partial charge in [0.2, 0.25) is 0 Å². The summed E-state index contributed by atoms with van der Waals surface area (Å²) in [6.45, 7) is 3.12. The molecule has 0 aliphatic heterocycles. The molecule has 0 amide bonds. The number of aliphatic hydroxyl groups excluding tert-OH is 1. The molecule has 4 rings (SSSR count). The van der Waals surface area contributed by atoms with Crippen molar-refractivity contribution in [3.8, 4) is 0 Å². The van der Waals surface area contributed by atoms with E-state index in [1.54, 1.807) is 0 Å². The number of benzene rings is 2. The van der Waals surface area contributed by atoms with Gasteiger partial charge >= 0.3 is 0 Å². The van der Waals surface area contributed by atoms with Crippen LogP contribution in [0.3, 0.4) is 0 Å². The Bertz CT molecular complexity index is 861. The number of nitrogens with zero attached hydrogens (tertiary/aromatic N) is 1. The highest BCUT2D eigenvalue weighted by molar-refractivity contribution is 6.08. The first-order valence-corrected chi connectivity index (χ1v) is 9.15. The lowest BCUT2D eigenvalue weighted by molar-refractivity contribution is 0.0845. The minimum absolute atomic E-state index is 0.304. The monoisotopic (exact) mass is 322 g/mol. The number of rotatable bonds is 4. The molecule has 3 N–H and O–H groups in total. The molecular weight excluding hydrogens is 296 g/mol. The maximum absolute atomic E-state index is 10.7. The first-order chi connectivity index (χ1) is 11.7. The standard InChI is InChI=1S/C21H26N2O/c1-2-23-18-10-6-5-9-16(18)17-13-15(11-12-19(17)23)20(22)21(24)14-7-3-4-8-14/h5-6,9-14,20-21,24H,2-4,7-8,22H2,1H3/t20-,21+/m1/s1. The van der Waals surface area contributed by atoms with E-state index in [9.17, 15) is 5.11 Å². The van der Waals surface area contributed by atoms with Gasteiger partial charge in [0, 0.05) is 28.4 Å². The molecule has 0 unspecified atom stereocenters. The summed E-state index contributed by atoms with van der Waals surface area (Å²) in [6, 6.07) is 14.7. The van der Waals surface area contributed by atoms with Crippen molar-refractivity contribution < 1.29 is 5.11 Å². The molecular formula is C21H26N2O. The van der Waals surface area contributed by atoms with E-state index in [1.165, 1.54) is 34.6 Å². The van der Waals surface area contributed by atoms with Gasteiger partial charge in [0.05, 0.1) is 12.1 Å². The first kappa shape index (κ1) is 15.7. The van der Waals surface area contributed by atoms with E-state index in [2.05, 4.69) is 54.0 Å². The van der Waals surface area contributed by atoms with Crippen LogP contribution in [0.15, 0.2) is 42.5 Å². The van der Waals surface area contributed by atoms with Crippen molar-refractivity contribution >= 4 is 21.8 Å². The molecule has 24 heavy (non-hydrogen) atoms. The van der Waals surface area contributed by atoms with Crippen LogP contribution in [0.25, 0.3) is 21.8 Å². The molecule has 3 heteroatoms. The molecule has 126 valence electrons. The van der Waals surface area contributed by atoms with Crippen LogP contribution in [-0.2, 0) is 6.54 Å². The molecule has 0 bridgehead atoms. The molecule has 0 spiro atoms. The van der Waals surface area contributed by atoms with Crippen LogP contribution in [0.1, 0.15) is 44.2 Å². The highest BCUT2D eigenvalue weighted by Gasteiger charge is 2.29. The van der Waals surface area contributed by atoms with Gasteiger partial charge in [-0.1, -0.05) is 37.1 Å². The average molecular weight is 322 g/mol. The van der Waals surface area contributed by atoms with Crippen molar-refractivity contribution in [3.05, 3.63) is 48.0 Å². The van der Waals surface area contributed by atoms with Crippen LogP contribution in [0, 0.1) is 5.92 Å². The first-order valence-electron chi connectivity index (χ1n) is 9.15. The maximum atomic E-state index is 10.7. The van der Waals surface area contributed by atoms with Gasteiger partial charge in [-0.25, -0.2) is 0 Å². The zero-order valence-electron chi connectivity index (χ0n) is 14.3. The summed E-state index contributed by atoms with van der Waals surface area (Å²) >= 11 is 0. The van der Waals surface area contributed by atoms with Gasteiger partial charge in [-0.3, -0.25) is 0 Å². The lowest BCUT2D eigenvalue weighted by Gasteiger charge is -2.24. The minimum Gasteiger partial charge on any atom is -0.391 e.